The number of hydrogen-bond donors (Lipinski definition) is 0. The van der Waals surface area contributed by atoms with Gasteiger partial charge in [0.05, 0.1) is 0 Å². The minimum Gasteiger partial charge on any atom is -0.0712 e. The van der Waals surface area contributed by atoms with Crippen molar-refractivity contribution in [3.05, 3.63) is 128 Å². The summed E-state index contributed by atoms with van der Waals surface area (Å²) < 4.78 is 0. The second-order valence-corrected chi connectivity index (χ2v) is 17.1. The average Bonchev–Trinajstić information content (AvgIpc) is 3.56. The molecule has 0 amide bonds. The van der Waals surface area contributed by atoms with Crippen molar-refractivity contribution in [2.75, 3.05) is 0 Å². The number of fused-ring (bicyclic) bond motifs is 2. The van der Waals surface area contributed by atoms with Gasteiger partial charge in [0.2, 0.25) is 0 Å². The van der Waals surface area contributed by atoms with Crippen LogP contribution in [0, 0.1) is 27.7 Å². The highest BCUT2D eigenvalue weighted by Crippen LogP contribution is 2.45. The van der Waals surface area contributed by atoms with E-state index in [4.69, 9.17) is 0 Å². The zero-order valence-electron chi connectivity index (χ0n) is 25.1. The van der Waals surface area contributed by atoms with Gasteiger partial charge in [-0.2, -0.15) is 0 Å². The third-order valence-corrected chi connectivity index (χ3v) is 14.1. The van der Waals surface area contributed by atoms with Crippen LogP contribution < -0.4 is 0 Å². The van der Waals surface area contributed by atoms with E-state index >= 15 is 0 Å². The molecule has 0 fully saturated rings. The Bertz CT molecular complexity index is 1520. The molecule has 1 heteroatoms. The second kappa shape index (κ2) is 10.5. The first-order valence-corrected chi connectivity index (χ1v) is 17.8. The minimum absolute atomic E-state index is 1.11. The Morgan fingerprint density at radius 3 is 1.43 bits per heavy atom. The van der Waals surface area contributed by atoms with Crippen LogP contribution in [0.3, 0.4) is 0 Å². The van der Waals surface area contributed by atoms with Gasteiger partial charge >= 0.3 is 0 Å². The molecule has 0 saturated carbocycles. The fourth-order valence-electron chi connectivity index (χ4n) is 7.27. The zero-order chi connectivity index (χ0) is 28.0. The number of aryl methyl sites for hydroxylation is 4. The van der Waals surface area contributed by atoms with Gasteiger partial charge in [0.15, 0.2) is 0 Å². The summed E-state index contributed by atoms with van der Waals surface area (Å²) in [6.07, 6.45) is 10.0. The van der Waals surface area contributed by atoms with Gasteiger partial charge in [-0.25, -0.2) is 0 Å². The number of benzene rings is 4. The van der Waals surface area contributed by atoms with Crippen LogP contribution in [0.15, 0.2) is 83.2 Å². The first-order chi connectivity index (χ1) is 19.2. The highest BCUT2D eigenvalue weighted by atomic mass is 28.3. The van der Waals surface area contributed by atoms with Crippen molar-refractivity contribution in [3.8, 4) is 22.3 Å². The normalized spacial score (nSPS) is 14.2. The lowest BCUT2D eigenvalue weighted by Crippen LogP contribution is -2.36. The highest BCUT2D eigenvalue weighted by Gasteiger charge is 2.39. The van der Waals surface area contributed by atoms with Gasteiger partial charge in [0.1, 0.15) is 8.07 Å². The Labute approximate surface area is 242 Å². The number of allylic oxidation sites excluding steroid dienone is 2. The maximum absolute atomic E-state index is 2.67. The van der Waals surface area contributed by atoms with Gasteiger partial charge < -0.3 is 0 Å². The predicted octanol–water partition coefficient (Wildman–Crippen LogP) is 10.8. The number of rotatable bonds is 7. The Hall–Kier alpha value is -3.42. The average molecular weight is 539 g/mol. The van der Waals surface area contributed by atoms with Crippen LogP contribution in [0.2, 0.25) is 12.6 Å². The molecule has 0 unspecified atom stereocenters. The Kier molecular flexibility index (Phi) is 7.05. The molecule has 0 aromatic heterocycles. The number of unbranched alkanes of at least 4 members (excludes halogenated alkanes) is 1. The zero-order valence-corrected chi connectivity index (χ0v) is 26.1. The molecule has 6 rings (SSSR count). The van der Waals surface area contributed by atoms with Gasteiger partial charge in [0.25, 0.3) is 0 Å². The summed E-state index contributed by atoms with van der Waals surface area (Å²) in [4.78, 5) is 0. The molecule has 0 N–H and O–H groups in total. The molecule has 0 saturated heterocycles. The van der Waals surface area contributed by atoms with Crippen molar-refractivity contribution in [1.82, 2.24) is 0 Å². The SMILES string of the molecule is CCCC[Si](C)(C1=Cc2c(cccc2-c2cc(C)cc(C)c2)C1)C1=Cc2c(cccc2-c2cc(C)cc(C)c2)C1. The highest BCUT2D eigenvalue weighted by molar-refractivity contribution is 6.93. The molecule has 4 aromatic carbocycles. The lowest BCUT2D eigenvalue weighted by Gasteiger charge is -2.31. The fourth-order valence-corrected chi connectivity index (χ4v) is 11.5. The molecular weight excluding hydrogens is 497 g/mol. The number of hydrogen-bond acceptors (Lipinski definition) is 0. The van der Waals surface area contributed by atoms with E-state index in [1.807, 2.05) is 0 Å². The van der Waals surface area contributed by atoms with Crippen LogP contribution in [-0.2, 0) is 12.8 Å². The van der Waals surface area contributed by atoms with Crippen molar-refractivity contribution in [1.29, 1.82) is 0 Å². The lowest BCUT2D eigenvalue weighted by molar-refractivity contribution is 0.867. The van der Waals surface area contributed by atoms with E-state index in [2.05, 4.69) is 126 Å². The first kappa shape index (κ1) is 26.8. The molecule has 0 bridgehead atoms. The van der Waals surface area contributed by atoms with Gasteiger partial charge in [0, 0.05) is 0 Å². The fraction of sp³-hybridized carbons (Fsp3) is 0.282. The van der Waals surface area contributed by atoms with Crippen LogP contribution in [0.5, 0.6) is 0 Å². The minimum atomic E-state index is -1.87. The standard InChI is InChI=1S/C39H42Si/c1-7-8-15-40(6,34-22-30-11-9-13-36(38(30)24-34)32-18-26(2)16-27(3)19-32)35-23-31-12-10-14-37(39(31)25-35)33-20-28(4)17-29(5)21-33/h9-14,16-21,24-25H,7-8,15,22-23H2,1-6H3. The summed E-state index contributed by atoms with van der Waals surface area (Å²) in [5.74, 6) is 0. The molecule has 4 aromatic rings. The Morgan fingerprint density at radius 1 is 0.600 bits per heavy atom. The summed E-state index contributed by atoms with van der Waals surface area (Å²) in [7, 11) is -1.87. The van der Waals surface area contributed by atoms with Crippen LogP contribution in [0.25, 0.3) is 34.4 Å². The van der Waals surface area contributed by atoms with Gasteiger partial charge in [-0.1, -0.05) is 150 Å². The molecule has 202 valence electrons. The van der Waals surface area contributed by atoms with Crippen LogP contribution in [0.4, 0.5) is 0 Å². The van der Waals surface area contributed by atoms with Crippen LogP contribution in [0.1, 0.15) is 64.3 Å². The molecule has 0 radical (unpaired) electrons. The Balaban J connectivity index is 1.43. The van der Waals surface area contributed by atoms with Crippen LogP contribution in [-0.4, -0.2) is 8.07 Å². The molecule has 40 heavy (non-hydrogen) atoms. The molecular formula is C39H42Si. The quantitative estimate of drug-likeness (QED) is 0.205. The topological polar surface area (TPSA) is 0 Å². The molecule has 2 aliphatic rings. The van der Waals surface area contributed by atoms with Crippen molar-refractivity contribution in [3.63, 3.8) is 0 Å². The molecule has 2 aliphatic carbocycles. The Morgan fingerprint density at radius 2 is 1.02 bits per heavy atom. The van der Waals surface area contributed by atoms with E-state index in [0.29, 0.717) is 0 Å². The molecule has 0 heterocycles. The summed E-state index contributed by atoms with van der Waals surface area (Å²) in [5, 5.41) is 3.44. The summed E-state index contributed by atoms with van der Waals surface area (Å²) in [5.41, 5.74) is 16.8. The van der Waals surface area contributed by atoms with E-state index in [0.717, 1.165) is 12.8 Å². The van der Waals surface area contributed by atoms with Crippen LogP contribution >= 0.6 is 0 Å². The molecule has 0 nitrogen and oxygen atoms in total. The molecule has 0 spiro atoms. The van der Waals surface area contributed by atoms with Crippen molar-refractivity contribution in [2.45, 2.75) is 72.9 Å². The summed E-state index contributed by atoms with van der Waals surface area (Å²) in [6.45, 7) is 13.9. The maximum Gasteiger partial charge on any atom is 0.106 e. The molecule has 0 aliphatic heterocycles. The lowest BCUT2D eigenvalue weighted by atomic mass is 9.95. The van der Waals surface area contributed by atoms with Crippen molar-refractivity contribution < 1.29 is 0 Å². The molecule has 0 atom stereocenters. The van der Waals surface area contributed by atoms with E-state index in [-0.39, 0.29) is 0 Å². The summed E-state index contributed by atoms with van der Waals surface area (Å²) >= 11 is 0. The second-order valence-electron chi connectivity index (χ2n) is 12.6. The third-order valence-electron chi connectivity index (χ3n) is 9.30. The largest absolute Gasteiger partial charge is 0.106 e. The maximum atomic E-state index is 2.67. The first-order valence-electron chi connectivity index (χ1n) is 15.1. The predicted molar refractivity (Wildman–Crippen MR) is 177 cm³/mol. The summed E-state index contributed by atoms with van der Waals surface area (Å²) in [6, 6.07) is 29.3. The van der Waals surface area contributed by atoms with E-state index < -0.39 is 8.07 Å². The van der Waals surface area contributed by atoms with E-state index in [1.165, 1.54) is 85.6 Å². The smallest absolute Gasteiger partial charge is 0.0712 e. The van der Waals surface area contributed by atoms with E-state index in [9.17, 15) is 0 Å². The monoisotopic (exact) mass is 538 g/mol. The van der Waals surface area contributed by atoms with E-state index in [1.54, 1.807) is 10.4 Å². The van der Waals surface area contributed by atoms with Gasteiger partial charge in [-0.3, -0.25) is 0 Å². The van der Waals surface area contributed by atoms with Crippen molar-refractivity contribution >= 4 is 20.2 Å². The van der Waals surface area contributed by atoms with Gasteiger partial charge in [-0.05, 0) is 85.0 Å². The van der Waals surface area contributed by atoms with Crippen molar-refractivity contribution in [2.24, 2.45) is 0 Å². The van der Waals surface area contributed by atoms with Gasteiger partial charge in [-0.15, -0.1) is 0 Å². The third kappa shape index (κ3) is 4.86.